The fourth-order valence-electron chi connectivity index (χ4n) is 5.82. The Bertz CT molecular complexity index is 713. The number of hydrogen-bond acceptors (Lipinski definition) is 4. The molecule has 0 saturated heterocycles. The Kier molecular flexibility index (Phi) is 2.73. The molecule has 3 unspecified atom stereocenters. The molecule has 2 saturated carbocycles. The molecule has 0 aromatic heterocycles. The molecule has 4 nitrogen and oxygen atoms in total. The van der Waals surface area contributed by atoms with E-state index >= 15 is 0 Å². The molecule has 1 aromatic rings. The number of rotatable bonds is 2. The molecule has 4 aliphatic carbocycles. The van der Waals surface area contributed by atoms with E-state index in [0.717, 1.165) is 23.0 Å². The lowest BCUT2D eigenvalue weighted by atomic mass is 9.43. The minimum absolute atomic E-state index is 0.0106. The molecule has 4 heteroatoms. The van der Waals surface area contributed by atoms with E-state index in [-0.39, 0.29) is 29.1 Å². The maximum Gasteiger partial charge on any atom is 0.161 e. The third-order valence-corrected chi connectivity index (χ3v) is 6.76. The van der Waals surface area contributed by atoms with Crippen molar-refractivity contribution < 1.29 is 14.9 Å². The largest absolute Gasteiger partial charge is 0.504 e. The van der Waals surface area contributed by atoms with Crippen LogP contribution >= 0.6 is 0 Å². The summed E-state index contributed by atoms with van der Waals surface area (Å²) in [4.78, 5) is 0. The summed E-state index contributed by atoms with van der Waals surface area (Å²) >= 11 is 0. The number of allylic oxidation sites excluding steroid dienone is 1. The second kappa shape index (κ2) is 4.52. The van der Waals surface area contributed by atoms with Gasteiger partial charge in [-0.3, -0.25) is 0 Å². The van der Waals surface area contributed by atoms with Crippen LogP contribution in [0.1, 0.15) is 42.9 Å². The summed E-state index contributed by atoms with van der Waals surface area (Å²) in [7, 11) is 0. The van der Waals surface area contributed by atoms with Gasteiger partial charge in [-0.2, -0.15) is 0 Å². The van der Waals surface area contributed by atoms with E-state index in [2.05, 4.69) is 6.08 Å². The van der Waals surface area contributed by atoms with Crippen molar-refractivity contribution in [2.45, 2.75) is 44.3 Å². The van der Waals surface area contributed by atoms with Gasteiger partial charge >= 0.3 is 0 Å². The molecule has 5 aliphatic rings. The summed E-state index contributed by atoms with van der Waals surface area (Å²) in [5, 5.41) is 20.2. The molecule has 4 bridgehead atoms. The van der Waals surface area contributed by atoms with E-state index < -0.39 is 0 Å². The van der Waals surface area contributed by atoms with Crippen LogP contribution in [0.5, 0.6) is 11.5 Å². The molecule has 1 aromatic carbocycles. The lowest BCUT2D eigenvalue weighted by Crippen LogP contribution is -2.58. The molecule has 6 rings (SSSR count). The summed E-state index contributed by atoms with van der Waals surface area (Å²) in [6.07, 6.45) is 8.00. The first-order chi connectivity index (χ1) is 11.1. The van der Waals surface area contributed by atoms with E-state index in [1.165, 1.54) is 31.7 Å². The fraction of sp³-hybridized carbons (Fsp3) is 0.579. The molecule has 0 amide bonds. The highest BCUT2D eigenvalue weighted by atomic mass is 16.5. The summed E-state index contributed by atoms with van der Waals surface area (Å²) in [6.45, 7) is 0.399. The molecule has 23 heavy (non-hydrogen) atoms. The van der Waals surface area contributed by atoms with E-state index in [1.54, 1.807) is 5.57 Å². The SMILES string of the molecule is NC[C@@H]1O[C@H](C23CC4CC=C2C(C4)C3)Cc2c1ccc(O)c2O. The second-order valence-electron chi connectivity index (χ2n) is 7.81. The van der Waals surface area contributed by atoms with E-state index in [1.807, 2.05) is 6.07 Å². The Hall–Kier alpha value is -1.52. The zero-order chi connectivity index (χ0) is 15.8. The molecule has 2 fully saturated rings. The Morgan fingerprint density at radius 1 is 1.26 bits per heavy atom. The van der Waals surface area contributed by atoms with Gasteiger partial charge in [-0.15, -0.1) is 0 Å². The third kappa shape index (κ3) is 1.68. The average Bonchev–Trinajstić information content (AvgIpc) is 2.57. The topological polar surface area (TPSA) is 75.7 Å². The van der Waals surface area contributed by atoms with E-state index in [4.69, 9.17) is 10.5 Å². The maximum atomic E-state index is 10.3. The zero-order valence-electron chi connectivity index (χ0n) is 13.2. The minimum atomic E-state index is -0.190. The fourth-order valence-corrected chi connectivity index (χ4v) is 5.82. The van der Waals surface area contributed by atoms with Crippen LogP contribution in [0.4, 0.5) is 0 Å². The number of phenolic OH excluding ortho intramolecular Hbond substituents is 2. The molecular weight excluding hydrogens is 290 g/mol. The molecule has 122 valence electrons. The number of aromatic hydroxyl groups is 2. The van der Waals surface area contributed by atoms with Crippen molar-refractivity contribution in [1.82, 2.24) is 0 Å². The second-order valence-corrected chi connectivity index (χ2v) is 7.81. The van der Waals surface area contributed by atoms with Gasteiger partial charge in [-0.1, -0.05) is 17.7 Å². The van der Waals surface area contributed by atoms with Crippen LogP contribution in [-0.4, -0.2) is 22.9 Å². The highest BCUT2D eigenvalue weighted by Crippen LogP contribution is 2.68. The molecule has 0 spiro atoms. The molecule has 1 aliphatic heterocycles. The van der Waals surface area contributed by atoms with Gasteiger partial charge in [0, 0.05) is 23.9 Å². The first-order valence-electron chi connectivity index (χ1n) is 8.72. The van der Waals surface area contributed by atoms with Gasteiger partial charge in [-0.05, 0) is 49.1 Å². The standard InChI is InChI=1S/C19H23NO3/c20-9-16-12-2-4-15(21)18(22)13(12)6-17(23-16)19-7-10-1-3-14(19)11(5-10)8-19/h2-4,10-11,16-17,21-22H,1,5-9,20H2/t10?,11?,16-,17-,19?/m0/s1. The smallest absolute Gasteiger partial charge is 0.161 e. The van der Waals surface area contributed by atoms with Crippen LogP contribution in [0, 0.1) is 17.3 Å². The lowest BCUT2D eigenvalue weighted by Gasteiger charge is -2.64. The van der Waals surface area contributed by atoms with Crippen molar-refractivity contribution in [3.63, 3.8) is 0 Å². The minimum Gasteiger partial charge on any atom is -0.504 e. The molecule has 1 heterocycles. The summed E-state index contributed by atoms with van der Waals surface area (Å²) in [5.74, 6) is 1.52. The number of hydrogen-bond donors (Lipinski definition) is 3. The van der Waals surface area contributed by atoms with Gasteiger partial charge in [0.2, 0.25) is 0 Å². The van der Waals surface area contributed by atoms with Crippen molar-refractivity contribution in [3.8, 4) is 11.5 Å². The van der Waals surface area contributed by atoms with Crippen LogP contribution in [0.15, 0.2) is 23.8 Å². The van der Waals surface area contributed by atoms with Crippen molar-refractivity contribution in [1.29, 1.82) is 0 Å². The first-order valence-corrected chi connectivity index (χ1v) is 8.72. The van der Waals surface area contributed by atoms with Crippen LogP contribution in [0.3, 0.4) is 0 Å². The lowest BCUT2D eigenvalue weighted by molar-refractivity contribution is -0.138. The Labute approximate surface area is 136 Å². The van der Waals surface area contributed by atoms with E-state index in [0.29, 0.717) is 13.0 Å². The van der Waals surface area contributed by atoms with Gasteiger partial charge < -0.3 is 20.7 Å². The van der Waals surface area contributed by atoms with Crippen LogP contribution < -0.4 is 5.73 Å². The monoisotopic (exact) mass is 313 g/mol. The maximum absolute atomic E-state index is 10.3. The van der Waals surface area contributed by atoms with Crippen LogP contribution in [0.2, 0.25) is 0 Å². The summed E-state index contributed by atoms with van der Waals surface area (Å²) in [6, 6.07) is 3.37. The third-order valence-electron chi connectivity index (χ3n) is 6.76. The number of nitrogens with two attached hydrogens (primary N) is 1. The number of ether oxygens (including phenoxy) is 1. The highest BCUT2D eigenvalue weighted by molar-refractivity contribution is 5.52. The quantitative estimate of drug-likeness (QED) is 0.580. The average molecular weight is 313 g/mol. The Morgan fingerprint density at radius 2 is 2.13 bits per heavy atom. The first kappa shape index (κ1) is 13.9. The Morgan fingerprint density at radius 3 is 2.83 bits per heavy atom. The van der Waals surface area contributed by atoms with Crippen LogP contribution in [0.25, 0.3) is 0 Å². The van der Waals surface area contributed by atoms with Crippen molar-refractivity contribution in [3.05, 3.63) is 34.9 Å². The van der Waals surface area contributed by atoms with Crippen molar-refractivity contribution in [2.75, 3.05) is 6.54 Å². The molecule has 5 atom stereocenters. The Balaban J connectivity index is 1.56. The van der Waals surface area contributed by atoms with Crippen molar-refractivity contribution >= 4 is 0 Å². The zero-order valence-corrected chi connectivity index (χ0v) is 13.2. The highest BCUT2D eigenvalue weighted by Gasteiger charge is 2.61. The normalized spacial score (nSPS) is 40.3. The van der Waals surface area contributed by atoms with Gasteiger partial charge in [0.1, 0.15) is 0 Å². The van der Waals surface area contributed by atoms with E-state index in [9.17, 15) is 10.2 Å². The van der Waals surface area contributed by atoms with Gasteiger partial charge in [0.15, 0.2) is 11.5 Å². The number of fused-ring (bicyclic) bond motifs is 2. The number of phenols is 2. The van der Waals surface area contributed by atoms with Crippen LogP contribution in [-0.2, 0) is 11.2 Å². The summed E-state index contributed by atoms with van der Waals surface area (Å²) < 4.78 is 6.43. The summed E-state index contributed by atoms with van der Waals surface area (Å²) in [5.41, 5.74) is 9.47. The predicted octanol–water partition coefficient (Wildman–Crippen LogP) is 2.79. The predicted molar refractivity (Wildman–Crippen MR) is 86.1 cm³/mol. The van der Waals surface area contributed by atoms with Gasteiger partial charge in [0.25, 0.3) is 0 Å². The molecular formula is C19H23NO3. The molecule has 4 N–H and O–H groups in total. The molecule has 0 radical (unpaired) electrons. The van der Waals surface area contributed by atoms with Gasteiger partial charge in [0.05, 0.1) is 12.2 Å². The van der Waals surface area contributed by atoms with Gasteiger partial charge in [-0.25, -0.2) is 0 Å². The number of benzene rings is 1. The van der Waals surface area contributed by atoms with Crippen molar-refractivity contribution in [2.24, 2.45) is 23.0 Å².